The number of benzene rings is 2. The lowest BCUT2D eigenvalue weighted by atomic mass is 10.1. The molecule has 0 fully saturated rings. The molecule has 0 aliphatic carbocycles. The molecule has 0 spiro atoms. The molecule has 0 atom stereocenters. The van der Waals surface area contributed by atoms with Crippen molar-refractivity contribution in [3.05, 3.63) is 89.7 Å². The van der Waals surface area contributed by atoms with Crippen molar-refractivity contribution in [2.24, 2.45) is 0 Å². The van der Waals surface area contributed by atoms with Crippen LogP contribution in [0, 0.1) is 0 Å². The number of rotatable bonds is 6. The summed E-state index contributed by atoms with van der Waals surface area (Å²) in [7, 11) is 1.55. The van der Waals surface area contributed by atoms with Crippen LogP contribution in [0.1, 0.15) is 16.8 Å². The number of carbonyl (C=O) groups is 1. The van der Waals surface area contributed by atoms with Crippen molar-refractivity contribution in [3.8, 4) is 11.5 Å². The smallest absolute Gasteiger partial charge is 0.315 e. The van der Waals surface area contributed by atoms with Gasteiger partial charge in [0.05, 0.1) is 19.2 Å². The molecule has 3 aromatic rings. The number of hydrogen-bond donors (Lipinski definition) is 0. The number of ether oxygens (including phenoxy) is 2. The van der Waals surface area contributed by atoms with Crippen LogP contribution < -0.4 is 9.47 Å². The van der Waals surface area contributed by atoms with Gasteiger partial charge in [0.25, 0.3) is 0 Å². The van der Waals surface area contributed by atoms with Gasteiger partial charge in [0, 0.05) is 6.20 Å². The summed E-state index contributed by atoms with van der Waals surface area (Å²) in [5.74, 6) is 0.587. The van der Waals surface area contributed by atoms with Crippen molar-refractivity contribution < 1.29 is 14.3 Å². The minimum Gasteiger partial charge on any atom is -0.493 e. The first kappa shape index (κ1) is 17.4. The lowest BCUT2D eigenvalue weighted by Gasteiger charge is -2.10. The predicted octanol–water partition coefficient (Wildman–Crippen LogP) is 4.41. The van der Waals surface area contributed by atoms with Crippen LogP contribution in [0.5, 0.6) is 11.5 Å². The van der Waals surface area contributed by atoms with Crippen molar-refractivity contribution in [2.75, 3.05) is 7.11 Å². The Balaban J connectivity index is 1.70. The third-order valence-electron chi connectivity index (χ3n) is 3.74. The van der Waals surface area contributed by atoms with Crippen molar-refractivity contribution in [3.63, 3.8) is 0 Å². The molecule has 26 heavy (non-hydrogen) atoms. The zero-order chi connectivity index (χ0) is 18.2. The van der Waals surface area contributed by atoms with E-state index in [4.69, 9.17) is 9.47 Å². The Labute approximate surface area is 152 Å². The Bertz CT molecular complexity index is 890. The molecule has 4 heteroatoms. The van der Waals surface area contributed by atoms with E-state index in [1.54, 1.807) is 19.4 Å². The van der Waals surface area contributed by atoms with Crippen LogP contribution in [0.2, 0.25) is 0 Å². The highest BCUT2D eigenvalue weighted by Gasteiger charge is 2.11. The van der Waals surface area contributed by atoms with E-state index in [0.717, 1.165) is 16.8 Å². The van der Waals surface area contributed by atoms with E-state index >= 15 is 0 Å². The first-order valence-electron chi connectivity index (χ1n) is 8.26. The van der Waals surface area contributed by atoms with Gasteiger partial charge in [0.15, 0.2) is 11.5 Å². The molecule has 0 saturated carbocycles. The second kappa shape index (κ2) is 8.62. The third-order valence-corrected chi connectivity index (χ3v) is 3.74. The molecule has 2 aromatic carbocycles. The lowest BCUT2D eigenvalue weighted by Crippen LogP contribution is -2.11. The minimum absolute atomic E-state index is 0.214. The fourth-order valence-corrected chi connectivity index (χ4v) is 2.45. The third kappa shape index (κ3) is 4.80. The normalized spacial score (nSPS) is 10.7. The molecule has 4 nitrogen and oxygen atoms in total. The molecular weight excluding hydrogens is 326 g/mol. The number of hydrogen-bond acceptors (Lipinski definition) is 4. The van der Waals surface area contributed by atoms with Crippen LogP contribution in [-0.2, 0) is 11.2 Å². The van der Waals surface area contributed by atoms with Gasteiger partial charge in [-0.05, 0) is 41.5 Å². The maximum Gasteiger partial charge on any atom is 0.315 e. The standard InChI is InChI=1S/C22H19NO3/c1-25-21-15-18(10-12-19-9-5-6-14-23-19)11-13-20(21)26-22(24)16-17-7-3-2-4-8-17/h2-15H,16H2,1H3/b12-10+. The zero-order valence-corrected chi connectivity index (χ0v) is 14.5. The Morgan fingerprint density at radius 2 is 1.77 bits per heavy atom. The maximum atomic E-state index is 12.1. The number of aromatic nitrogens is 1. The van der Waals surface area contributed by atoms with E-state index < -0.39 is 0 Å². The van der Waals surface area contributed by atoms with Crippen LogP contribution in [-0.4, -0.2) is 18.1 Å². The molecule has 0 aliphatic heterocycles. The molecule has 3 rings (SSSR count). The first-order valence-corrected chi connectivity index (χ1v) is 8.26. The average molecular weight is 345 g/mol. The minimum atomic E-state index is -0.328. The van der Waals surface area contributed by atoms with Crippen molar-refractivity contribution in [1.82, 2.24) is 4.98 Å². The van der Waals surface area contributed by atoms with Crippen LogP contribution in [0.4, 0.5) is 0 Å². The molecule has 130 valence electrons. The van der Waals surface area contributed by atoms with Gasteiger partial charge in [-0.25, -0.2) is 0 Å². The van der Waals surface area contributed by atoms with Gasteiger partial charge in [-0.3, -0.25) is 9.78 Å². The highest BCUT2D eigenvalue weighted by molar-refractivity contribution is 5.76. The fourth-order valence-electron chi connectivity index (χ4n) is 2.45. The molecule has 0 bridgehead atoms. The van der Waals surface area contributed by atoms with Crippen molar-refractivity contribution >= 4 is 18.1 Å². The van der Waals surface area contributed by atoms with Gasteiger partial charge < -0.3 is 9.47 Å². The summed E-state index contributed by atoms with van der Waals surface area (Å²) in [6.07, 6.45) is 5.80. The first-order chi connectivity index (χ1) is 12.7. The van der Waals surface area contributed by atoms with E-state index in [-0.39, 0.29) is 12.4 Å². The van der Waals surface area contributed by atoms with Gasteiger partial charge in [0.2, 0.25) is 0 Å². The van der Waals surface area contributed by atoms with E-state index in [2.05, 4.69) is 4.98 Å². The van der Waals surface area contributed by atoms with E-state index in [0.29, 0.717) is 11.5 Å². The van der Waals surface area contributed by atoms with Crippen LogP contribution >= 0.6 is 0 Å². The topological polar surface area (TPSA) is 48.4 Å². The van der Waals surface area contributed by atoms with Crippen LogP contribution in [0.15, 0.2) is 72.9 Å². The second-order valence-corrected chi connectivity index (χ2v) is 5.63. The lowest BCUT2D eigenvalue weighted by molar-refractivity contribution is -0.133. The van der Waals surface area contributed by atoms with Crippen LogP contribution in [0.25, 0.3) is 12.2 Å². The number of esters is 1. The largest absolute Gasteiger partial charge is 0.493 e. The monoisotopic (exact) mass is 345 g/mol. The predicted molar refractivity (Wildman–Crippen MR) is 102 cm³/mol. The van der Waals surface area contributed by atoms with Gasteiger partial charge >= 0.3 is 5.97 Å². The van der Waals surface area contributed by atoms with Gasteiger partial charge in [-0.15, -0.1) is 0 Å². The van der Waals surface area contributed by atoms with Gasteiger partial charge in [-0.1, -0.05) is 48.5 Å². The van der Waals surface area contributed by atoms with E-state index in [1.165, 1.54) is 0 Å². The summed E-state index contributed by atoms with van der Waals surface area (Å²) in [5.41, 5.74) is 2.70. The maximum absolute atomic E-state index is 12.1. The number of nitrogens with zero attached hydrogens (tertiary/aromatic N) is 1. The summed E-state index contributed by atoms with van der Waals surface area (Å²) in [5, 5.41) is 0. The fraction of sp³-hybridized carbons (Fsp3) is 0.0909. The Hall–Kier alpha value is -3.40. The zero-order valence-electron chi connectivity index (χ0n) is 14.5. The summed E-state index contributed by atoms with van der Waals surface area (Å²) in [6.45, 7) is 0. The van der Waals surface area contributed by atoms with Crippen molar-refractivity contribution in [2.45, 2.75) is 6.42 Å². The molecule has 1 heterocycles. The van der Waals surface area contributed by atoms with Crippen LogP contribution in [0.3, 0.4) is 0 Å². The summed E-state index contributed by atoms with van der Waals surface area (Å²) < 4.78 is 10.8. The number of pyridine rings is 1. The highest BCUT2D eigenvalue weighted by Crippen LogP contribution is 2.29. The Morgan fingerprint density at radius 3 is 2.50 bits per heavy atom. The molecule has 0 unspecified atom stereocenters. The van der Waals surface area contributed by atoms with Gasteiger partial charge in [0.1, 0.15) is 0 Å². The SMILES string of the molecule is COc1cc(/C=C/c2ccccn2)ccc1OC(=O)Cc1ccccc1. The average Bonchev–Trinajstić information content (AvgIpc) is 2.68. The van der Waals surface area contributed by atoms with Crippen molar-refractivity contribution in [1.29, 1.82) is 0 Å². The highest BCUT2D eigenvalue weighted by atomic mass is 16.6. The Morgan fingerprint density at radius 1 is 0.962 bits per heavy atom. The summed E-state index contributed by atoms with van der Waals surface area (Å²) in [4.78, 5) is 16.4. The summed E-state index contributed by atoms with van der Waals surface area (Å²) in [6, 6.07) is 20.6. The molecule has 0 N–H and O–H groups in total. The molecule has 0 amide bonds. The molecule has 1 aromatic heterocycles. The van der Waals surface area contributed by atoms with E-state index in [1.807, 2.05) is 72.8 Å². The Kier molecular flexibility index (Phi) is 5.78. The number of methoxy groups -OCH3 is 1. The number of carbonyl (C=O) groups excluding carboxylic acids is 1. The molecular formula is C22H19NO3. The second-order valence-electron chi connectivity index (χ2n) is 5.63. The van der Waals surface area contributed by atoms with E-state index in [9.17, 15) is 4.79 Å². The van der Waals surface area contributed by atoms with Gasteiger partial charge in [-0.2, -0.15) is 0 Å². The molecule has 0 aliphatic rings. The molecule has 0 radical (unpaired) electrons. The molecule has 0 saturated heterocycles. The summed E-state index contributed by atoms with van der Waals surface area (Å²) >= 11 is 0. The quantitative estimate of drug-likeness (QED) is 0.490.